The molecule has 1 aromatic heterocycles. The number of aliphatic carboxylic acids is 1. The van der Waals surface area contributed by atoms with Crippen LogP contribution in [0, 0.1) is 13.8 Å². The van der Waals surface area contributed by atoms with E-state index in [4.69, 9.17) is 9.63 Å². The normalized spacial score (nSPS) is 10.4. The maximum atomic E-state index is 12.0. The van der Waals surface area contributed by atoms with E-state index in [-0.39, 0.29) is 18.2 Å². The van der Waals surface area contributed by atoms with Gasteiger partial charge in [0.15, 0.2) is 0 Å². The molecule has 1 aromatic carbocycles. The molecular formula is C18H21N3O5S. The van der Waals surface area contributed by atoms with E-state index >= 15 is 0 Å². The number of amides is 2. The Morgan fingerprint density at radius 3 is 2.44 bits per heavy atom. The molecule has 0 spiro atoms. The molecule has 0 atom stereocenters. The molecule has 27 heavy (non-hydrogen) atoms. The zero-order chi connectivity index (χ0) is 19.8. The number of carboxylic acids is 1. The second kappa shape index (κ2) is 9.77. The molecule has 0 saturated heterocycles. The monoisotopic (exact) mass is 391 g/mol. The summed E-state index contributed by atoms with van der Waals surface area (Å²) in [4.78, 5) is 34.0. The van der Waals surface area contributed by atoms with Crippen molar-refractivity contribution in [2.24, 2.45) is 0 Å². The minimum Gasteiger partial charge on any atom is -0.480 e. The predicted octanol–water partition coefficient (Wildman–Crippen LogP) is 1.91. The van der Waals surface area contributed by atoms with Gasteiger partial charge in [0.05, 0.1) is 17.9 Å². The van der Waals surface area contributed by atoms with E-state index in [9.17, 15) is 14.4 Å². The Balaban J connectivity index is 1.75. The van der Waals surface area contributed by atoms with E-state index in [2.05, 4.69) is 15.8 Å². The fourth-order valence-electron chi connectivity index (χ4n) is 2.28. The van der Waals surface area contributed by atoms with E-state index in [0.717, 1.165) is 22.6 Å². The van der Waals surface area contributed by atoms with Crippen LogP contribution in [0.4, 0.5) is 5.69 Å². The first-order valence-corrected chi connectivity index (χ1v) is 9.37. The molecule has 2 rings (SSSR count). The van der Waals surface area contributed by atoms with Crippen LogP contribution in [0.1, 0.15) is 22.6 Å². The van der Waals surface area contributed by atoms with Gasteiger partial charge in [-0.1, -0.05) is 17.3 Å². The molecule has 0 unspecified atom stereocenters. The van der Waals surface area contributed by atoms with Crippen LogP contribution in [0.2, 0.25) is 0 Å². The summed E-state index contributed by atoms with van der Waals surface area (Å²) in [6.45, 7) is 3.31. The fraction of sp³-hybridized carbons (Fsp3) is 0.333. The number of aryl methyl sites for hydroxylation is 2. The number of nitrogens with zero attached hydrogens (tertiary/aromatic N) is 1. The molecule has 1 heterocycles. The Labute approximate surface area is 160 Å². The maximum absolute atomic E-state index is 12.0. The number of hydrogen-bond acceptors (Lipinski definition) is 6. The molecule has 9 heteroatoms. The van der Waals surface area contributed by atoms with Crippen molar-refractivity contribution in [3.63, 3.8) is 0 Å². The summed E-state index contributed by atoms with van der Waals surface area (Å²) >= 11 is 1.47. The summed E-state index contributed by atoms with van der Waals surface area (Å²) in [5.41, 5.74) is 3.21. The van der Waals surface area contributed by atoms with Crippen LogP contribution in [-0.2, 0) is 26.6 Å². The summed E-state index contributed by atoms with van der Waals surface area (Å²) in [6.07, 6.45) is 0.0782. The van der Waals surface area contributed by atoms with Gasteiger partial charge in [0.25, 0.3) is 0 Å². The van der Waals surface area contributed by atoms with Crippen LogP contribution in [0.15, 0.2) is 28.8 Å². The molecule has 0 radical (unpaired) electrons. The summed E-state index contributed by atoms with van der Waals surface area (Å²) in [5.74, 6) is 0.128. The Kier molecular flexibility index (Phi) is 7.42. The van der Waals surface area contributed by atoms with Crippen molar-refractivity contribution in [3.8, 4) is 0 Å². The number of aromatic nitrogens is 1. The number of benzene rings is 1. The molecule has 0 aliphatic heterocycles. The first-order valence-electron chi connectivity index (χ1n) is 8.22. The molecule has 2 aromatic rings. The van der Waals surface area contributed by atoms with Crippen LogP contribution in [0.5, 0.6) is 0 Å². The van der Waals surface area contributed by atoms with Crippen molar-refractivity contribution in [1.29, 1.82) is 0 Å². The molecule has 144 valence electrons. The van der Waals surface area contributed by atoms with Crippen LogP contribution in [0.25, 0.3) is 0 Å². The minimum atomic E-state index is -1.09. The van der Waals surface area contributed by atoms with Crippen molar-refractivity contribution in [2.45, 2.75) is 26.0 Å². The number of nitrogens with one attached hydrogen (secondary N) is 2. The Hall–Kier alpha value is -2.81. The van der Waals surface area contributed by atoms with Gasteiger partial charge in [0.1, 0.15) is 12.3 Å². The van der Waals surface area contributed by atoms with E-state index in [1.54, 1.807) is 24.3 Å². The highest BCUT2D eigenvalue weighted by atomic mass is 32.2. The van der Waals surface area contributed by atoms with Gasteiger partial charge in [0.2, 0.25) is 11.8 Å². The summed E-state index contributed by atoms with van der Waals surface area (Å²) < 4.78 is 5.09. The highest BCUT2D eigenvalue weighted by Gasteiger charge is 2.10. The molecule has 8 nitrogen and oxygen atoms in total. The Morgan fingerprint density at radius 1 is 1.15 bits per heavy atom. The zero-order valence-electron chi connectivity index (χ0n) is 15.1. The number of hydrogen-bond donors (Lipinski definition) is 3. The second-order valence-electron chi connectivity index (χ2n) is 5.89. The SMILES string of the molecule is Cc1noc(C)c1CSCC(=O)Nc1ccc(CC(=O)NCC(=O)O)cc1. The molecule has 2 amide bonds. The molecule has 0 saturated carbocycles. The largest absolute Gasteiger partial charge is 0.480 e. The van der Waals surface area contributed by atoms with Crippen molar-refractivity contribution in [2.75, 3.05) is 17.6 Å². The number of carbonyl (C=O) groups excluding carboxylic acids is 2. The minimum absolute atomic E-state index is 0.0782. The van der Waals surface area contributed by atoms with Gasteiger partial charge in [-0.3, -0.25) is 14.4 Å². The van der Waals surface area contributed by atoms with Gasteiger partial charge < -0.3 is 20.3 Å². The van der Waals surface area contributed by atoms with E-state index in [1.165, 1.54) is 11.8 Å². The maximum Gasteiger partial charge on any atom is 0.322 e. The number of thioether (sulfide) groups is 1. The highest BCUT2D eigenvalue weighted by Crippen LogP contribution is 2.19. The van der Waals surface area contributed by atoms with Crippen LogP contribution in [-0.4, -0.2) is 40.3 Å². The number of anilines is 1. The van der Waals surface area contributed by atoms with Gasteiger partial charge >= 0.3 is 5.97 Å². The number of carboxylic acid groups (broad SMARTS) is 1. The smallest absolute Gasteiger partial charge is 0.322 e. The van der Waals surface area contributed by atoms with Crippen molar-refractivity contribution in [3.05, 3.63) is 46.8 Å². The van der Waals surface area contributed by atoms with Crippen LogP contribution in [0.3, 0.4) is 0 Å². The predicted molar refractivity (Wildman–Crippen MR) is 102 cm³/mol. The van der Waals surface area contributed by atoms with E-state index < -0.39 is 12.5 Å². The average Bonchev–Trinajstić information content (AvgIpc) is 2.93. The fourth-order valence-corrected chi connectivity index (χ4v) is 3.25. The zero-order valence-corrected chi connectivity index (χ0v) is 15.9. The standard InChI is InChI=1S/C18H21N3O5S/c1-11-15(12(2)26-21-11)9-27-10-17(23)20-14-5-3-13(4-6-14)7-16(22)19-8-18(24)25/h3-6H,7-10H2,1-2H3,(H,19,22)(H,20,23)(H,24,25). The topological polar surface area (TPSA) is 122 Å². The number of rotatable bonds is 9. The molecule has 3 N–H and O–H groups in total. The lowest BCUT2D eigenvalue weighted by atomic mass is 10.1. The van der Waals surface area contributed by atoms with Gasteiger partial charge in [0, 0.05) is 17.0 Å². The second-order valence-corrected chi connectivity index (χ2v) is 6.87. The van der Waals surface area contributed by atoms with Crippen LogP contribution >= 0.6 is 11.8 Å². The third-order valence-electron chi connectivity index (χ3n) is 3.70. The summed E-state index contributed by atoms with van der Waals surface area (Å²) in [5, 5.41) is 17.5. The molecule has 0 bridgehead atoms. The van der Waals surface area contributed by atoms with Crippen molar-refractivity contribution in [1.82, 2.24) is 10.5 Å². The summed E-state index contributed by atoms with van der Waals surface area (Å²) in [7, 11) is 0. The lowest BCUT2D eigenvalue weighted by molar-refractivity contribution is -0.137. The quantitative estimate of drug-likeness (QED) is 0.597. The molecule has 0 aliphatic rings. The first kappa shape index (κ1) is 20.5. The third kappa shape index (κ3) is 6.78. The molecule has 0 aliphatic carbocycles. The van der Waals surface area contributed by atoms with Gasteiger partial charge in [-0.05, 0) is 31.5 Å². The third-order valence-corrected chi connectivity index (χ3v) is 4.66. The highest BCUT2D eigenvalue weighted by molar-refractivity contribution is 7.99. The Morgan fingerprint density at radius 2 is 1.85 bits per heavy atom. The first-order chi connectivity index (χ1) is 12.8. The van der Waals surface area contributed by atoms with Gasteiger partial charge in [-0.15, -0.1) is 11.8 Å². The Bertz CT molecular complexity index is 797. The van der Waals surface area contributed by atoms with E-state index in [0.29, 0.717) is 17.2 Å². The van der Waals surface area contributed by atoms with Gasteiger partial charge in [-0.2, -0.15) is 0 Å². The lowest BCUT2D eigenvalue weighted by Crippen LogP contribution is -2.30. The van der Waals surface area contributed by atoms with Gasteiger partial charge in [-0.25, -0.2) is 0 Å². The lowest BCUT2D eigenvalue weighted by Gasteiger charge is -2.07. The van der Waals surface area contributed by atoms with Crippen molar-refractivity contribution < 1.29 is 24.0 Å². The van der Waals surface area contributed by atoms with Crippen molar-refractivity contribution >= 4 is 35.2 Å². The van der Waals surface area contributed by atoms with E-state index in [1.807, 2.05) is 13.8 Å². The molecule has 0 fully saturated rings. The molecular weight excluding hydrogens is 370 g/mol. The number of carbonyl (C=O) groups is 3. The average molecular weight is 391 g/mol. The summed E-state index contributed by atoms with van der Waals surface area (Å²) in [6, 6.07) is 6.84. The van der Waals surface area contributed by atoms with Crippen LogP contribution < -0.4 is 10.6 Å².